The Kier molecular flexibility index (Phi) is 4.50. The normalized spacial score (nSPS) is 25.4. The van der Waals surface area contributed by atoms with Crippen molar-refractivity contribution in [2.45, 2.75) is 19.4 Å². The lowest BCUT2D eigenvalue weighted by molar-refractivity contribution is -0.0532. The van der Waals surface area contributed by atoms with Crippen LogP contribution in [0.1, 0.15) is 18.5 Å². The molecule has 1 atom stereocenters. The van der Waals surface area contributed by atoms with Crippen LogP contribution in [0.4, 0.5) is 0 Å². The maximum atomic E-state index is 9.60. The first-order valence-corrected chi connectivity index (χ1v) is 6.93. The van der Waals surface area contributed by atoms with Gasteiger partial charge in [0.1, 0.15) is 0 Å². The quantitative estimate of drug-likeness (QED) is 0.864. The number of aromatic nitrogens is 1. The zero-order valence-electron chi connectivity index (χ0n) is 10.3. The molecular weight excluding hydrogens is 236 g/mol. The van der Waals surface area contributed by atoms with Crippen LogP contribution in [0.25, 0.3) is 0 Å². The first kappa shape index (κ1) is 13.0. The fourth-order valence-electron chi connectivity index (χ4n) is 2.43. The zero-order valence-corrected chi connectivity index (χ0v) is 11.1. The van der Waals surface area contributed by atoms with Gasteiger partial charge in [0.15, 0.2) is 0 Å². The second-order valence-corrected chi connectivity index (χ2v) is 5.69. The number of hydrogen-bond acceptors (Lipinski definition) is 5. The number of rotatable bonds is 5. The average molecular weight is 256 g/mol. The van der Waals surface area contributed by atoms with Crippen LogP contribution < -0.4 is 0 Å². The predicted octanol–water partition coefficient (Wildman–Crippen LogP) is 1.36. The second-order valence-electron chi connectivity index (χ2n) is 4.97. The minimum atomic E-state index is -0.0803. The van der Waals surface area contributed by atoms with Crippen molar-refractivity contribution < 1.29 is 9.84 Å². The highest BCUT2D eigenvalue weighted by atomic mass is 32.1. The monoisotopic (exact) mass is 256 g/mol. The van der Waals surface area contributed by atoms with Crippen LogP contribution in [0.15, 0.2) is 10.9 Å². The largest absolute Gasteiger partial charge is 0.396 e. The number of aliphatic hydroxyl groups excluding tert-OH is 1. The third kappa shape index (κ3) is 3.48. The summed E-state index contributed by atoms with van der Waals surface area (Å²) in [6.07, 6.45) is 2.09. The molecule has 0 bridgehead atoms. The molecule has 1 saturated heterocycles. The minimum Gasteiger partial charge on any atom is -0.396 e. The summed E-state index contributed by atoms with van der Waals surface area (Å²) in [5, 5.41) is 11.7. The Hall–Kier alpha value is -0.490. The van der Waals surface area contributed by atoms with Crippen LogP contribution in [-0.4, -0.2) is 48.4 Å². The van der Waals surface area contributed by atoms with Crippen LogP contribution in [0, 0.1) is 5.41 Å². The van der Waals surface area contributed by atoms with Crippen molar-refractivity contribution in [1.82, 2.24) is 9.88 Å². The molecular formula is C12H20N2O2S. The highest BCUT2D eigenvalue weighted by molar-refractivity contribution is 7.07. The molecule has 17 heavy (non-hydrogen) atoms. The molecule has 2 rings (SSSR count). The van der Waals surface area contributed by atoms with Gasteiger partial charge in [-0.15, -0.1) is 11.3 Å². The molecule has 0 amide bonds. The van der Waals surface area contributed by atoms with E-state index in [1.165, 1.54) is 0 Å². The van der Waals surface area contributed by atoms with Crippen molar-refractivity contribution in [1.29, 1.82) is 0 Å². The lowest BCUT2D eigenvalue weighted by Gasteiger charge is -2.38. The maximum Gasteiger partial charge on any atom is 0.0795 e. The highest BCUT2D eigenvalue weighted by Crippen LogP contribution is 2.29. The molecule has 1 unspecified atom stereocenters. The third-order valence-electron chi connectivity index (χ3n) is 3.26. The van der Waals surface area contributed by atoms with E-state index in [4.69, 9.17) is 4.74 Å². The number of aliphatic hydroxyl groups is 1. The number of ether oxygens (including phenoxy) is 1. The SMILES string of the molecule is CN(Cc1cscn1)CC1(CO)CCCOC1. The van der Waals surface area contributed by atoms with Crippen LogP contribution in [0.3, 0.4) is 0 Å². The summed E-state index contributed by atoms with van der Waals surface area (Å²) >= 11 is 1.62. The van der Waals surface area contributed by atoms with E-state index in [1.807, 2.05) is 5.51 Å². The zero-order chi connectivity index (χ0) is 12.1. The molecule has 4 nitrogen and oxygen atoms in total. The van der Waals surface area contributed by atoms with Gasteiger partial charge in [0.2, 0.25) is 0 Å². The summed E-state index contributed by atoms with van der Waals surface area (Å²) in [6.45, 7) is 3.41. The van der Waals surface area contributed by atoms with Gasteiger partial charge in [-0.25, -0.2) is 4.98 Å². The van der Waals surface area contributed by atoms with Crippen LogP contribution in [0.2, 0.25) is 0 Å². The minimum absolute atomic E-state index is 0.0803. The molecule has 1 aliphatic rings. The smallest absolute Gasteiger partial charge is 0.0795 e. The summed E-state index contributed by atoms with van der Waals surface area (Å²) in [4.78, 5) is 6.50. The number of thiazole rings is 1. The van der Waals surface area contributed by atoms with Crippen molar-refractivity contribution in [2.24, 2.45) is 5.41 Å². The Bertz CT molecular complexity index is 323. The second kappa shape index (κ2) is 5.91. The predicted molar refractivity (Wildman–Crippen MR) is 68.0 cm³/mol. The summed E-state index contributed by atoms with van der Waals surface area (Å²) in [7, 11) is 2.07. The Morgan fingerprint density at radius 3 is 3.12 bits per heavy atom. The van der Waals surface area contributed by atoms with Crippen LogP contribution in [-0.2, 0) is 11.3 Å². The van der Waals surface area contributed by atoms with Crippen molar-refractivity contribution in [3.8, 4) is 0 Å². The van der Waals surface area contributed by atoms with Gasteiger partial charge in [-0.1, -0.05) is 0 Å². The van der Waals surface area contributed by atoms with E-state index in [-0.39, 0.29) is 12.0 Å². The first-order chi connectivity index (χ1) is 8.24. The molecule has 1 N–H and O–H groups in total. The standard InChI is InChI=1S/C12H20N2O2S/c1-14(5-11-6-17-10-13-11)7-12(8-15)3-2-4-16-9-12/h6,10,15H,2-5,7-9H2,1H3. The van der Waals surface area contributed by atoms with Gasteiger partial charge in [0, 0.05) is 30.5 Å². The average Bonchev–Trinajstić information content (AvgIpc) is 2.83. The summed E-state index contributed by atoms with van der Waals surface area (Å²) < 4.78 is 5.51. The van der Waals surface area contributed by atoms with Crippen molar-refractivity contribution in [3.05, 3.63) is 16.6 Å². The Balaban J connectivity index is 1.89. The highest BCUT2D eigenvalue weighted by Gasteiger charge is 2.33. The first-order valence-electron chi connectivity index (χ1n) is 5.98. The van der Waals surface area contributed by atoms with E-state index >= 15 is 0 Å². The van der Waals surface area contributed by atoms with E-state index in [1.54, 1.807) is 11.3 Å². The van der Waals surface area contributed by atoms with Crippen LogP contribution in [0.5, 0.6) is 0 Å². The molecule has 0 aliphatic carbocycles. The fourth-order valence-corrected chi connectivity index (χ4v) is 2.98. The molecule has 1 aromatic heterocycles. The lowest BCUT2D eigenvalue weighted by atomic mass is 9.83. The topological polar surface area (TPSA) is 45.6 Å². The van der Waals surface area contributed by atoms with E-state index in [0.717, 1.165) is 38.2 Å². The summed E-state index contributed by atoms with van der Waals surface area (Å²) in [6, 6.07) is 0. The molecule has 1 fully saturated rings. The van der Waals surface area contributed by atoms with Crippen molar-refractivity contribution in [2.75, 3.05) is 33.4 Å². The molecule has 5 heteroatoms. The van der Waals surface area contributed by atoms with E-state index in [0.29, 0.717) is 6.61 Å². The summed E-state index contributed by atoms with van der Waals surface area (Å²) in [5.41, 5.74) is 2.87. The molecule has 96 valence electrons. The molecule has 1 aromatic rings. The molecule has 0 saturated carbocycles. The van der Waals surface area contributed by atoms with Crippen molar-refractivity contribution in [3.63, 3.8) is 0 Å². The number of hydrogen-bond donors (Lipinski definition) is 1. The Morgan fingerprint density at radius 1 is 1.65 bits per heavy atom. The molecule has 0 aromatic carbocycles. The number of nitrogens with zero attached hydrogens (tertiary/aromatic N) is 2. The molecule has 0 radical (unpaired) electrons. The third-order valence-corrected chi connectivity index (χ3v) is 3.90. The molecule has 0 spiro atoms. The van der Waals surface area contributed by atoms with E-state index in [2.05, 4.69) is 22.3 Å². The van der Waals surface area contributed by atoms with Gasteiger partial charge >= 0.3 is 0 Å². The van der Waals surface area contributed by atoms with Gasteiger partial charge in [-0.2, -0.15) is 0 Å². The van der Waals surface area contributed by atoms with Gasteiger partial charge in [0.05, 0.1) is 24.4 Å². The summed E-state index contributed by atoms with van der Waals surface area (Å²) in [5.74, 6) is 0. The maximum absolute atomic E-state index is 9.60. The van der Waals surface area contributed by atoms with Crippen molar-refractivity contribution >= 4 is 11.3 Å². The Morgan fingerprint density at radius 2 is 2.53 bits per heavy atom. The van der Waals surface area contributed by atoms with E-state index in [9.17, 15) is 5.11 Å². The van der Waals surface area contributed by atoms with Gasteiger partial charge in [0.25, 0.3) is 0 Å². The van der Waals surface area contributed by atoms with Gasteiger partial charge < -0.3 is 9.84 Å². The van der Waals surface area contributed by atoms with Gasteiger partial charge in [-0.3, -0.25) is 4.90 Å². The molecule has 2 heterocycles. The molecule has 1 aliphatic heterocycles. The van der Waals surface area contributed by atoms with Crippen LogP contribution >= 0.6 is 11.3 Å². The fraction of sp³-hybridized carbons (Fsp3) is 0.750. The Labute approximate surface area is 106 Å². The van der Waals surface area contributed by atoms with Gasteiger partial charge in [-0.05, 0) is 19.9 Å². The van der Waals surface area contributed by atoms with E-state index < -0.39 is 0 Å². The lowest BCUT2D eigenvalue weighted by Crippen LogP contribution is -2.44.